The third-order valence-electron chi connectivity index (χ3n) is 6.90. The van der Waals surface area contributed by atoms with Crippen molar-refractivity contribution in [2.45, 2.75) is 32.9 Å². The van der Waals surface area contributed by atoms with E-state index in [1.54, 1.807) is 36.9 Å². The minimum absolute atomic E-state index is 0.126. The fourth-order valence-electron chi connectivity index (χ4n) is 5.05. The Kier molecular flexibility index (Phi) is 8.41. The van der Waals surface area contributed by atoms with E-state index in [0.717, 1.165) is 0 Å². The maximum Gasteiger partial charge on any atom is 0.338 e. The summed E-state index contributed by atoms with van der Waals surface area (Å²) in [6.07, 6.45) is 0. The first-order valence-electron chi connectivity index (χ1n) is 12.8. The molecule has 0 aliphatic carbocycles. The van der Waals surface area contributed by atoms with Gasteiger partial charge in [0, 0.05) is 55.6 Å². The highest BCUT2D eigenvalue weighted by Gasteiger charge is 2.40. The minimum atomic E-state index is -1.00. The van der Waals surface area contributed by atoms with Crippen LogP contribution in [-0.2, 0) is 9.53 Å². The van der Waals surface area contributed by atoms with E-state index in [1.807, 2.05) is 6.92 Å². The van der Waals surface area contributed by atoms with Crippen LogP contribution in [0.1, 0.15) is 42.7 Å². The lowest BCUT2D eigenvalue weighted by molar-refractivity contribution is -0.139. The molecule has 202 valence electrons. The Balaban J connectivity index is 1.63. The maximum atomic E-state index is 14.8. The maximum absolute atomic E-state index is 14.8. The Morgan fingerprint density at radius 1 is 1.05 bits per heavy atom. The Morgan fingerprint density at radius 2 is 1.76 bits per heavy atom. The van der Waals surface area contributed by atoms with Gasteiger partial charge in [-0.2, -0.15) is 0 Å². The van der Waals surface area contributed by atoms with Crippen molar-refractivity contribution in [1.29, 1.82) is 0 Å². The second-order valence-electron chi connectivity index (χ2n) is 9.32. The molecule has 2 heterocycles. The SMILES string of the molecule is CCOC(=O)C1=C(CN2CCN(C(=O)c3ccc(F)cc3)[C@@H](C)C2)N(CC)C(=O)N[C@H]1c1ccccc1F. The van der Waals surface area contributed by atoms with Gasteiger partial charge in [-0.3, -0.25) is 14.6 Å². The molecule has 2 aliphatic rings. The molecule has 0 saturated carbocycles. The smallest absolute Gasteiger partial charge is 0.338 e. The average Bonchev–Trinajstić information content (AvgIpc) is 2.89. The Hall–Kier alpha value is -3.79. The van der Waals surface area contributed by atoms with E-state index in [1.165, 1.54) is 35.2 Å². The van der Waals surface area contributed by atoms with Gasteiger partial charge >= 0.3 is 12.0 Å². The summed E-state index contributed by atoms with van der Waals surface area (Å²) in [5, 5.41) is 2.77. The molecule has 0 unspecified atom stereocenters. The number of piperazine rings is 1. The zero-order valence-corrected chi connectivity index (χ0v) is 21.7. The summed E-state index contributed by atoms with van der Waals surface area (Å²) in [5.41, 5.74) is 1.23. The summed E-state index contributed by atoms with van der Waals surface area (Å²) in [4.78, 5) is 44.6. The van der Waals surface area contributed by atoms with Crippen LogP contribution in [0.25, 0.3) is 0 Å². The van der Waals surface area contributed by atoms with Crippen LogP contribution in [0.3, 0.4) is 0 Å². The molecule has 1 saturated heterocycles. The first-order chi connectivity index (χ1) is 18.2. The van der Waals surface area contributed by atoms with Gasteiger partial charge in [-0.25, -0.2) is 18.4 Å². The van der Waals surface area contributed by atoms with Crippen molar-refractivity contribution in [3.8, 4) is 0 Å². The van der Waals surface area contributed by atoms with Crippen LogP contribution in [0.2, 0.25) is 0 Å². The number of likely N-dealkylation sites (N-methyl/N-ethyl adjacent to an activating group) is 1. The highest BCUT2D eigenvalue weighted by molar-refractivity contribution is 5.95. The fourth-order valence-corrected chi connectivity index (χ4v) is 5.05. The van der Waals surface area contributed by atoms with Crippen molar-refractivity contribution in [2.75, 3.05) is 39.3 Å². The van der Waals surface area contributed by atoms with Crippen LogP contribution < -0.4 is 5.32 Å². The van der Waals surface area contributed by atoms with E-state index < -0.39 is 29.7 Å². The van der Waals surface area contributed by atoms with E-state index in [2.05, 4.69) is 10.2 Å². The Labute approximate surface area is 220 Å². The molecule has 0 aromatic heterocycles. The minimum Gasteiger partial charge on any atom is -0.463 e. The predicted octanol–water partition coefficient (Wildman–Crippen LogP) is 3.71. The van der Waals surface area contributed by atoms with Crippen molar-refractivity contribution in [3.63, 3.8) is 0 Å². The van der Waals surface area contributed by atoms with Crippen LogP contribution in [0.15, 0.2) is 59.8 Å². The summed E-state index contributed by atoms with van der Waals surface area (Å²) in [6, 6.07) is 9.88. The second kappa shape index (κ2) is 11.7. The zero-order valence-electron chi connectivity index (χ0n) is 21.7. The van der Waals surface area contributed by atoms with Gasteiger partial charge in [-0.15, -0.1) is 0 Å². The van der Waals surface area contributed by atoms with Crippen LogP contribution in [0, 0.1) is 11.6 Å². The summed E-state index contributed by atoms with van der Waals surface area (Å²) < 4.78 is 33.5. The number of ether oxygens (including phenoxy) is 1. The molecule has 2 aliphatic heterocycles. The molecule has 2 aromatic rings. The van der Waals surface area contributed by atoms with Gasteiger partial charge < -0.3 is 15.0 Å². The van der Waals surface area contributed by atoms with Crippen molar-refractivity contribution in [3.05, 3.63) is 82.6 Å². The van der Waals surface area contributed by atoms with Gasteiger partial charge in [-0.1, -0.05) is 18.2 Å². The number of carbonyl (C=O) groups is 3. The molecular formula is C28H32F2N4O4. The van der Waals surface area contributed by atoms with E-state index >= 15 is 0 Å². The summed E-state index contributed by atoms with van der Waals surface area (Å²) in [5.74, 6) is -1.75. The van der Waals surface area contributed by atoms with E-state index in [0.29, 0.717) is 37.4 Å². The largest absolute Gasteiger partial charge is 0.463 e. The molecule has 2 aromatic carbocycles. The number of benzene rings is 2. The number of esters is 1. The Bertz CT molecular complexity index is 1230. The lowest BCUT2D eigenvalue weighted by Crippen LogP contribution is -2.56. The third kappa shape index (κ3) is 5.55. The molecule has 38 heavy (non-hydrogen) atoms. The lowest BCUT2D eigenvalue weighted by Gasteiger charge is -2.43. The molecule has 0 radical (unpaired) electrons. The fraction of sp³-hybridized carbons (Fsp3) is 0.393. The standard InChI is InChI=1S/C28H32F2N4O4/c1-4-33-23(17-32-14-15-34(18(3)16-32)26(35)19-10-12-20(29)13-11-19)24(27(36)38-5-2)25(31-28(33)37)21-8-6-7-9-22(21)30/h6-13,18,25H,4-5,14-17H2,1-3H3,(H,31,37)/t18-,25-/m0/s1. The first-order valence-corrected chi connectivity index (χ1v) is 12.8. The first kappa shape index (κ1) is 27.3. The molecule has 8 nitrogen and oxygen atoms in total. The van der Waals surface area contributed by atoms with E-state index in [9.17, 15) is 23.2 Å². The number of amides is 3. The number of urea groups is 1. The summed E-state index contributed by atoms with van der Waals surface area (Å²) >= 11 is 0. The van der Waals surface area contributed by atoms with Crippen LogP contribution in [-0.4, -0.2) is 78.0 Å². The number of nitrogens with zero attached hydrogens (tertiary/aromatic N) is 3. The van der Waals surface area contributed by atoms with Gasteiger partial charge in [0.1, 0.15) is 11.6 Å². The third-order valence-corrected chi connectivity index (χ3v) is 6.90. The zero-order chi connectivity index (χ0) is 27.4. The van der Waals surface area contributed by atoms with Gasteiger partial charge in [0.2, 0.25) is 0 Å². The van der Waals surface area contributed by atoms with Crippen LogP contribution in [0.4, 0.5) is 13.6 Å². The van der Waals surface area contributed by atoms with Crippen LogP contribution >= 0.6 is 0 Å². The number of hydrogen-bond acceptors (Lipinski definition) is 5. The Morgan fingerprint density at radius 3 is 2.39 bits per heavy atom. The summed E-state index contributed by atoms with van der Waals surface area (Å²) in [6.45, 7) is 7.45. The quantitative estimate of drug-likeness (QED) is 0.557. The molecule has 3 amide bonds. The lowest BCUT2D eigenvalue weighted by atomic mass is 9.93. The van der Waals surface area contributed by atoms with Crippen molar-refractivity contribution in [1.82, 2.24) is 20.0 Å². The normalized spacial score (nSPS) is 20.4. The van der Waals surface area contributed by atoms with Gasteiger partial charge in [-0.05, 0) is 51.1 Å². The highest BCUT2D eigenvalue weighted by atomic mass is 19.1. The molecule has 0 bridgehead atoms. The number of halogens is 2. The average molecular weight is 527 g/mol. The van der Waals surface area contributed by atoms with Crippen molar-refractivity contribution in [2.24, 2.45) is 0 Å². The molecule has 1 fully saturated rings. The molecule has 4 rings (SSSR count). The molecular weight excluding hydrogens is 494 g/mol. The van der Waals surface area contributed by atoms with Gasteiger partial charge in [0.25, 0.3) is 5.91 Å². The van der Waals surface area contributed by atoms with Crippen molar-refractivity contribution < 1.29 is 27.9 Å². The summed E-state index contributed by atoms with van der Waals surface area (Å²) in [7, 11) is 0. The number of hydrogen-bond donors (Lipinski definition) is 1. The van der Waals surface area contributed by atoms with Crippen LogP contribution in [0.5, 0.6) is 0 Å². The van der Waals surface area contributed by atoms with E-state index in [4.69, 9.17) is 4.74 Å². The molecule has 10 heteroatoms. The van der Waals surface area contributed by atoms with Crippen molar-refractivity contribution >= 4 is 17.9 Å². The number of nitrogens with one attached hydrogen (secondary N) is 1. The van der Waals surface area contributed by atoms with E-state index in [-0.39, 0.29) is 36.2 Å². The highest BCUT2D eigenvalue weighted by Crippen LogP contribution is 2.33. The number of carbonyl (C=O) groups excluding carboxylic acids is 3. The molecule has 1 N–H and O–H groups in total. The molecule has 2 atom stereocenters. The predicted molar refractivity (Wildman–Crippen MR) is 137 cm³/mol. The topological polar surface area (TPSA) is 82.2 Å². The van der Waals surface area contributed by atoms with Gasteiger partial charge in [0.15, 0.2) is 0 Å². The molecule has 0 spiro atoms. The monoisotopic (exact) mass is 526 g/mol. The van der Waals surface area contributed by atoms with Gasteiger partial charge in [0.05, 0.1) is 18.2 Å². The second-order valence-corrected chi connectivity index (χ2v) is 9.32. The number of rotatable bonds is 7.